The number of rotatable bonds is 5. The third-order valence-electron chi connectivity index (χ3n) is 5.37. The van der Waals surface area contributed by atoms with Crippen LogP contribution in [0.15, 0.2) is 12.3 Å². The number of ether oxygens (including phenoxy) is 1. The standard InChI is InChI=1S/C18H31N5O2/c1-14(2)23-17(3-6-20-23)13-21-7-8-22(12-15(11-21)18(19)24)16-4-9-25-10-5-16/h3,6,14-16H,4-5,7-13H2,1-2H3,(H2,19,24). The van der Waals surface area contributed by atoms with Crippen molar-refractivity contribution in [2.24, 2.45) is 11.7 Å². The second-order valence-electron chi connectivity index (χ2n) is 7.53. The van der Waals surface area contributed by atoms with E-state index in [1.165, 1.54) is 5.69 Å². The van der Waals surface area contributed by atoms with Gasteiger partial charge in [0.15, 0.2) is 0 Å². The van der Waals surface area contributed by atoms with Gasteiger partial charge in [0, 0.05) is 64.2 Å². The van der Waals surface area contributed by atoms with Crippen LogP contribution in [0.4, 0.5) is 0 Å². The Hall–Kier alpha value is -1.44. The van der Waals surface area contributed by atoms with Gasteiger partial charge in [-0.3, -0.25) is 19.3 Å². The van der Waals surface area contributed by atoms with E-state index in [-0.39, 0.29) is 11.8 Å². The second-order valence-corrected chi connectivity index (χ2v) is 7.53. The van der Waals surface area contributed by atoms with E-state index >= 15 is 0 Å². The Morgan fingerprint density at radius 1 is 1.32 bits per heavy atom. The highest BCUT2D eigenvalue weighted by molar-refractivity contribution is 5.77. The normalized spacial score (nSPS) is 24.5. The van der Waals surface area contributed by atoms with Crippen LogP contribution < -0.4 is 5.73 Å². The predicted octanol–water partition coefficient (Wildman–Crippen LogP) is 0.862. The third kappa shape index (κ3) is 4.59. The van der Waals surface area contributed by atoms with Crippen molar-refractivity contribution in [3.63, 3.8) is 0 Å². The van der Waals surface area contributed by atoms with Crippen molar-refractivity contribution in [2.75, 3.05) is 39.4 Å². The van der Waals surface area contributed by atoms with Gasteiger partial charge in [-0.15, -0.1) is 0 Å². The molecule has 0 aliphatic carbocycles. The monoisotopic (exact) mass is 349 g/mol. The van der Waals surface area contributed by atoms with Gasteiger partial charge in [0.2, 0.25) is 5.91 Å². The number of aromatic nitrogens is 2. The summed E-state index contributed by atoms with van der Waals surface area (Å²) in [5, 5.41) is 4.42. The van der Waals surface area contributed by atoms with Crippen LogP contribution in [-0.4, -0.2) is 70.9 Å². The molecule has 0 radical (unpaired) electrons. The fourth-order valence-electron chi connectivity index (χ4n) is 3.97. The predicted molar refractivity (Wildman–Crippen MR) is 96.0 cm³/mol. The van der Waals surface area contributed by atoms with E-state index in [2.05, 4.69) is 39.5 Å². The van der Waals surface area contributed by atoms with Gasteiger partial charge in [0.1, 0.15) is 0 Å². The summed E-state index contributed by atoms with van der Waals surface area (Å²) in [5.41, 5.74) is 6.90. The van der Waals surface area contributed by atoms with Gasteiger partial charge >= 0.3 is 0 Å². The molecule has 25 heavy (non-hydrogen) atoms. The Balaban J connectivity index is 1.69. The van der Waals surface area contributed by atoms with Crippen molar-refractivity contribution in [1.82, 2.24) is 19.6 Å². The zero-order valence-electron chi connectivity index (χ0n) is 15.4. The highest BCUT2D eigenvalue weighted by Crippen LogP contribution is 2.20. The first-order valence-electron chi connectivity index (χ1n) is 9.40. The zero-order valence-corrected chi connectivity index (χ0v) is 15.4. The Labute approximate surface area is 150 Å². The van der Waals surface area contributed by atoms with E-state index < -0.39 is 0 Å². The van der Waals surface area contributed by atoms with Crippen molar-refractivity contribution >= 4 is 5.91 Å². The molecule has 7 heteroatoms. The largest absolute Gasteiger partial charge is 0.381 e. The molecule has 2 aliphatic heterocycles. The molecule has 1 atom stereocenters. The zero-order chi connectivity index (χ0) is 17.8. The summed E-state index contributed by atoms with van der Waals surface area (Å²) in [7, 11) is 0. The summed E-state index contributed by atoms with van der Waals surface area (Å²) < 4.78 is 7.54. The van der Waals surface area contributed by atoms with E-state index in [4.69, 9.17) is 10.5 Å². The lowest BCUT2D eigenvalue weighted by Gasteiger charge is -2.34. The molecule has 1 aromatic heterocycles. The molecule has 3 heterocycles. The molecule has 2 fully saturated rings. The molecule has 7 nitrogen and oxygen atoms in total. The van der Waals surface area contributed by atoms with Crippen molar-refractivity contribution in [1.29, 1.82) is 0 Å². The van der Waals surface area contributed by atoms with Crippen molar-refractivity contribution in [3.8, 4) is 0 Å². The maximum absolute atomic E-state index is 12.0. The summed E-state index contributed by atoms with van der Waals surface area (Å²) in [6.07, 6.45) is 3.95. The molecule has 0 saturated carbocycles. The van der Waals surface area contributed by atoms with Crippen molar-refractivity contribution in [3.05, 3.63) is 18.0 Å². The molecule has 1 amide bonds. The highest BCUT2D eigenvalue weighted by atomic mass is 16.5. The van der Waals surface area contributed by atoms with Crippen LogP contribution in [0.5, 0.6) is 0 Å². The smallest absolute Gasteiger partial charge is 0.223 e. The molecule has 2 aliphatic rings. The number of hydrogen-bond acceptors (Lipinski definition) is 5. The second kappa shape index (κ2) is 8.29. The Bertz CT molecular complexity index is 568. The van der Waals surface area contributed by atoms with Gasteiger partial charge in [-0.2, -0.15) is 5.10 Å². The molecule has 0 bridgehead atoms. The lowest BCUT2D eigenvalue weighted by molar-refractivity contribution is -0.122. The maximum atomic E-state index is 12.0. The molecule has 140 valence electrons. The summed E-state index contributed by atoms with van der Waals surface area (Å²) in [6, 6.07) is 2.92. The van der Waals surface area contributed by atoms with Gasteiger partial charge in [-0.05, 0) is 32.8 Å². The van der Waals surface area contributed by atoms with E-state index in [1.54, 1.807) is 0 Å². The molecule has 0 spiro atoms. The molecule has 1 aromatic rings. The first kappa shape index (κ1) is 18.4. The number of amides is 1. The van der Waals surface area contributed by atoms with Gasteiger partial charge in [0.25, 0.3) is 0 Å². The number of carbonyl (C=O) groups excluding carboxylic acids is 1. The molecule has 2 saturated heterocycles. The van der Waals surface area contributed by atoms with Crippen LogP contribution in [-0.2, 0) is 16.1 Å². The topological polar surface area (TPSA) is 76.6 Å². The van der Waals surface area contributed by atoms with Gasteiger partial charge in [-0.1, -0.05) is 0 Å². The maximum Gasteiger partial charge on any atom is 0.223 e. The number of primary amides is 1. The SMILES string of the molecule is CC(C)n1nccc1CN1CCN(C2CCOCC2)CC(C(N)=O)C1. The average Bonchev–Trinajstić information content (AvgIpc) is 2.95. The fraction of sp³-hybridized carbons (Fsp3) is 0.778. The lowest BCUT2D eigenvalue weighted by atomic mass is 10.0. The quantitative estimate of drug-likeness (QED) is 0.853. The summed E-state index contributed by atoms with van der Waals surface area (Å²) in [6.45, 7) is 10.1. The lowest BCUT2D eigenvalue weighted by Crippen LogP contribution is -2.44. The summed E-state index contributed by atoms with van der Waals surface area (Å²) >= 11 is 0. The van der Waals surface area contributed by atoms with E-state index in [1.807, 2.05) is 6.20 Å². The molecule has 1 unspecified atom stereocenters. The van der Waals surface area contributed by atoms with Crippen LogP contribution in [0.25, 0.3) is 0 Å². The van der Waals surface area contributed by atoms with Crippen LogP contribution in [0.1, 0.15) is 38.4 Å². The van der Waals surface area contributed by atoms with Gasteiger partial charge < -0.3 is 10.5 Å². The minimum atomic E-state index is -0.193. The van der Waals surface area contributed by atoms with Crippen molar-refractivity contribution in [2.45, 2.75) is 45.3 Å². The number of nitrogens with two attached hydrogens (primary N) is 1. The van der Waals surface area contributed by atoms with E-state index in [9.17, 15) is 4.79 Å². The highest BCUT2D eigenvalue weighted by Gasteiger charge is 2.31. The van der Waals surface area contributed by atoms with Crippen LogP contribution in [0.2, 0.25) is 0 Å². The van der Waals surface area contributed by atoms with Crippen LogP contribution in [0.3, 0.4) is 0 Å². The molecule has 2 N–H and O–H groups in total. The molecular weight excluding hydrogens is 318 g/mol. The molecular formula is C18H31N5O2. The Morgan fingerprint density at radius 2 is 2.08 bits per heavy atom. The first-order valence-corrected chi connectivity index (χ1v) is 9.40. The third-order valence-corrected chi connectivity index (χ3v) is 5.37. The van der Waals surface area contributed by atoms with Gasteiger partial charge in [0.05, 0.1) is 11.6 Å². The van der Waals surface area contributed by atoms with Crippen LogP contribution in [0, 0.1) is 5.92 Å². The summed E-state index contributed by atoms with van der Waals surface area (Å²) in [5.74, 6) is -0.318. The van der Waals surface area contributed by atoms with Gasteiger partial charge in [-0.25, -0.2) is 0 Å². The summed E-state index contributed by atoms with van der Waals surface area (Å²) in [4.78, 5) is 16.8. The minimum Gasteiger partial charge on any atom is -0.381 e. The number of nitrogens with zero attached hydrogens (tertiary/aromatic N) is 4. The van der Waals surface area contributed by atoms with E-state index in [0.29, 0.717) is 12.1 Å². The molecule has 3 rings (SSSR count). The fourth-order valence-corrected chi connectivity index (χ4v) is 3.97. The Kier molecular flexibility index (Phi) is 6.09. The first-order chi connectivity index (χ1) is 12.0. The minimum absolute atomic E-state index is 0.124. The number of hydrogen-bond donors (Lipinski definition) is 1. The van der Waals surface area contributed by atoms with E-state index in [0.717, 1.165) is 58.8 Å². The molecule has 0 aromatic carbocycles. The van der Waals surface area contributed by atoms with Crippen LogP contribution >= 0.6 is 0 Å². The van der Waals surface area contributed by atoms with Crippen molar-refractivity contribution < 1.29 is 9.53 Å². The number of carbonyl (C=O) groups is 1. The Morgan fingerprint density at radius 3 is 2.76 bits per heavy atom. The average molecular weight is 349 g/mol.